The highest BCUT2D eigenvalue weighted by Gasteiger charge is 2.20. The summed E-state index contributed by atoms with van der Waals surface area (Å²) in [6.07, 6.45) is 0. The number of para-hydroxylation sites is 1. The van der Waals surface area contributed by atoms with Crippen molar-refractivity contribution in [2.45, 2.75) is 6.04 Å². The number of nitrogens with two attached hydrogens (primary N) is 2. The van der Waals surface area contributed by atoms with Gasteiger partial charge in [-0.1, -0.05) is 28.1 Å². The molecule has 0 aliphatic rings. The van der Waals surface area contributed by atoms with Crippen LogP contribution in [0, 0.1) is 5.82 Å². The SMILES string of the molecule is NNC(c1cc2cccc(F)c2o1)c1cc(Br)ccc1N. The minimum absolute atomic E-state index is 0.210. The third kappa shape index (κ3) is 2.53. The van der Waals surface area contributed by atoms with Crippen LogP contribution in [-0.4, -0.2) is 0 Å². The van der Waals surface area contributed by atoms with Gasteiger partial charge in [-0.15, -0.1) is 0 Å². The number of furan rings is 1. The Hall–Kier alpha value is -1.89. The van der Waals surface area contributed by atoms with E-state index in [1.165, 1.54) is 6.07 Å². The molecule has 5 N–H and O–H groups in total. The molecule has 0 saturated heterocycles. The summed E-state index contributed by atoms with van der Waals surface area (Å²) >= 11 is 3.40. The van der Waals surface area contributed by atoms with Crippen molar-refractivity contribution in [3.63, 3.8) is 0 Å². The molecule has 0 radical (unpaired) electrons. The molecule has 6 heteroatoms. The molecular formula is C15H13BrFN3O. The molecule has 1 atom stereocenters. The van der Waals surface area contributed by atoms with E-state index >= 15 is 0 Å². The Labute approximate surface area is 129 Å². The van der Waals surface area contributed by atoms with Crippen LogP contribution in [0.25, 0.3) is 11.0 Å². The Morgan fingerprint density at radius 2 is 2.00 bits per heavy atom. The van der Waals surface area contributed by atoms with Crippen molar-refractivity contribution in [3.05, 3.63) is 64.1 Å². The minimum atomic E-state index is -0.464. The zero-order valence-corrected chi connectivity index (χ0v) is 12.5. The number of nitrogen functional groups attached to an aromatic ring is 1. The summed E-state index contributed by atoms with van der Waals surface area (Å²) in [6, 6.07) is 11.5. The average molecular weight is 350 g/mol. The Morgan fingerprint density at radius 3 is 2.71 bits per heavy atom. The summed E-state index contributed by atoms with van der Waals surface area (Å²) in [7, 11) is 0. The number of halogens is 2. The largest absolute Gasteiger partial charge is 0.456 e. The maximum absolute atomic E-state index is 13.7. The zero-order valence-electron chi connectivity index (χ0n) is 10.9. The number of hydrazine groups is 1. The van der Waals surface area contributed by atoms with E-state index in [9.17, 15) is 4.39 Å². The van der Waals surface area contributed by atoms with E-state index in [1.807, 2.05) is 12.1 Å². The lowest BCUT2D eigenvalue weighted by Gasteiger charge is -2.16. The summed E-state index contributed by atoms with van der Waals surface area (Å²) in [5, 5.41) is 0.679. The molecule has 0 amide bonds. The van der Waals surface area contributed by atoms with Crippen LogP contribution in [-0.2, 0) is 0 Å². The van der Waals surface area contributed by atoms with E-state index in [2.05, 4.69) is 21.4 Å². The third-order valence-corrected chi connectivity index (χ3v) is 3.82. The van der Waals surface area contributed by atoms with Crippen LogP contribution in [0.1, 0.15) is 17.4 Å². The minimum Gasteiger partial charge on any atom is -0.456 e. The molecule has 1 heterocycles. The fourth-order valence-electron chi connectivity index (χ4n) is 2.31. The quantitative estimate of drug-likeness (QED) is 0.384. The van der Waals surface area contributed by atoms with E-state index < -0.39 is 11.9 Å². The van der Waals surface area contributed by atoms with Crippen molar-refractivity contribution < 1.29 is 8.81 Å². The Bertz CT molecular complexity index is 803. The fraction of sp³-hybridized carbons (Fsp3) is 0.0667. The lowest BCUT2D eigenvalue weighted by atomic mass is 10.0. The van der Waals surface area contributed by atoms with Gasteiger partial charge in [0.1, 0.15) is 11.8 Å². The lowest BCUT2D eigenvalue weighted by molar-refractivity contribution is 0.465. The standard InChI is InChI=1S/C15H13BrFN3O/c16-9-4-5-12(18)10(7-9)14(20-19)13-6-8-2-1-3-11(17)15(8)21-13/h1-7,14,20H,18-19H2. The molecule has 0 spiro atoms. The molecule has 0 bridgehead atoms. The normalized spacial score (nSPS) is 12.7. The van der Waals surface area contributed by atoms with Gasteiger partial charge in [0, 0.05) is 21.1 Å². The Kier molecular flexibility index (Phi) is 3.67. The van der Waals surface area contributed by atoms with Gasteiger partial charge in [-0.05, 0) is 30.3 Å². The first kappa shape index (κ1) is 14.1. The first-order valence-electron chi connectivity index (χ1n) is 6.29. The topological polar surface area (TPSA) is 77.2 Å². The number of hydrogen-bond acceptors (Lipinski definition) is 4. The highest BCUT2D eigenvalue weighted by atomic mass is 79.9. The molecule has 0 fully saturated rings. The first-order valence-corrected chi connectivity index (χ1v) is 7.08. The number of benzene rings is 2. The predicted octanol–water partition coefficient (Wildman–Crippen LogP) is 3.47. The molecule has 1 unspecified atom stereocenters. The summed E-state index contributed by atoms with van der Waals surface area (Å²) in [6.45, 7) is 0. The second-order valence-corrected chi connectivity index (χ2v) is 5.60. The maximum atomic E-state index is 13.7. The predicted molar refractivity (Wildman–Crippen MR) is 83.9 cm³/mol. The molecule has 21 heavy (non-hydrogen) atoms. The number of hydrogen-bond donors (Lipinski definition) is 3. The number of fused-ring (bicyclic) bond motifs is 1. The fourth-order valence-corrected chi connectivity index (χ4v) is 2.69. The molecule has 0 saturated carbocycles. The second-order valence-electron chi connectivity index (χ2n) is 4.68. The van der Waals surface area contributed by atoms with Gasteiger partial charge in [0.15, 0.2) is 11.4 Å². The van der Waals surface area contributed by atoms with Crippen molar-refractivity contribution in [2.75, 3.05) is 5.73 Å². The van der Waals surface area contributed by atoms with Crippen molar-refractivity contribution >= 4 is 32.6 Å². The highest BCUT2D eigenvalue weighted by molar-refractivity contribution is 9.10. The van der Waals surface area contributed by atoms with Crippen LogP contribution in [0.3, 0.4) is 0 Å². The van der Waals surface area contributed by atoms with Crippen molar-refractivity contribution in [1.82, 2.24) is 5.43 Å². The van der Waals surface area contributed by atoms with Crippen LogP contribution in [0.15, 0.2) is 51.4 Å². The molecule has 3 rings (SSSR count). The van der Waals surface area contributed by atoms with Crippen LogP contribution in [0.4, 0.5) is 10.1 Å². The van der Waals surface area contributed by atoms with Crippen LogP contribution < -0.4 is 17.0 Å². The van der Waals surface area contributed by atoms with Crippen molar-refractivity contribution in [2.24, 2.45) is 5.84 Å². The Balaban J connectivity index is 2.13. The summed E-state index contributed by atoms with van der Waals surface area (Å²) in [5.41, 5.74) is 10.2. The van der Waals surface area contributed by atoms with Crippen LogP contribution in [0.2, 0.25) is 0 Å². The molecule has 0 aliphatic heterocycles. The highest BCUT2D eigenvalue weighted by Crippen LogP contribution is 2.32. The molecule has 4 nitrogen and oxygen atoms in total. The van der Waals surface area contributed by atoms with Crippen molar-refractivity contribution in [3.8, 4) is 0 Å². The van der Waals surface area contributed by atoms with Crippen molar-refractivity contribution in [1.29, 1.82) is 0 Å². The van der Waals surface area contributed by atoms with Gasteiger partial charge >= 0.3 is 0 Å². The third-order valence-electron chi connectivity index (χ3n) is 3.33. The molecular weight excluding hydrogens is 337 g/mol. The lowest BCUT2D eigenvalue weighted by Crippen LogP contribution is -2.29. The van der Waals surface area contributed by atoms with Gasteiger partial charge < -0.3 is 10.2 Å². The molecule has 108 valence electrons. The molecule has 1 aromatic heterocycles. The van der Waals surface area contributed by atoms with Gasteiger partial charge in [0.25, 0.3) is 0 Å². The molecule has 3 aromatic rings. The van der Waals surface area contributed by atoms with Gasteiger partial charge in [-0.25, -0.2) is 9.82 Å². The average Bonchev–Trinajstić information content (AvgIpc) is 2.89. The van der Waals surface area contributed by atoms with Crippen LogP contribution >= 0.6 is 15.9 Å². The molecule has 0 aliphatic carbocycles. The molecule has 2 aromatic carbocycles. The van der Waals surface area contributed by atoms with E-state index in [1.54, 1.807) is 24.3 Å². The summed E-state index contributed by atoms with van der Waals surface area (Å²) in [5.74, 6) is 5.74. The van der Waals surface area contributed by atoms with E-state index in [-0.39, 0.29) is 5.58 Å². The van der Waals surface area contributed by atoms with Gasteiger partial charge in [0.2, 0.25) is 0 Å². The summed E-state index contributed by atoms with van der Waals surface area (Å²) in [4.78, 5) is 0. The monoisotopic (exact) mass is 349 g/mol. The zero-order chi connectivity index (χ0) is 15.0. The van der Waals surface area contributed by atoms with Gasteiger partial charge in [-0.2, -0.15) is 0 Å². The van der Waals surface area contributed by atoms with E-state index in [0.717, 1.165) is 10.0 Å². The number of rotatable bonds is 3. The van der Waals surface area contributed by atoms with Gasteiger partial charge in [-0.3, -0.25) is 5.84 Å². The second kappa shape index (κ2) is 5.48. The number of nitrogens with one attached hydrogen (secondary N) is 1. The van der Waals surface area contributed by atoms with E-state index in [4.69, 9.17) is 16.0 Å². The van der Waals surface area contributed by atoms with Gasteiger partial charge in [0.05, 0.1) is 0 Å². The summed E-state index contributed by atoms with van der Waals surface area (Å²) < 4.78 is 20.2. The number of anilines is 1. The first-order chi connectivity index (χ1) is 10.1. The smallest absolute Gasteiger partial charge is 0.169 e. The van der Waals surface area contributed by atoms with E-state index in [0.29, 0.717) is 16.8 Å². The Morgan fingerprint density at radius 1 is 1.19 bits per heavy atom. The van der Waals surface area contributed by atoms with Crippen LogP contribution in [0.5, 0.6) is 0 Å². The maximum Gasteiger partial charge on any atom is 0.169 e.